The standard InChI is InChI=1S/C11H12N4O2/c12-9(11(16)17)5-8-3-1-2-4-10(8)15-7-13-6-14-15/h1-4,6-7,9H,5,12H2,(H,16,17). The number of carboxylic acid groups (broad SMARTS) is 1. The predicted octanol–water partition coefficient (Wildman–Crippen LogP) is 0.222. The van der Waals surface area contributed by atoms with Crippen LogP contribution in [0.15, 0.2) is 36.9 Å². The van der Waals surface area contributed by atoms with Crippen LogP contribution in [0.2, 0.25) is 0 Å². The lowest BCUT2D eigenvalue weighted by molar-refractivity contribution is -0.138. The summed E-state index contributed by atoms with van der Waals surface area (Å²) in [5.41, 5.74) is 7.15. The molecule has 1 heterocycles. The normalized spacial score (nSPS) is 12.3. The first kappa shape index (κ1) is 11.3. The van der Waals surface area contributed by atoms with E-state index in [0.717, 1.165) is 11.3 Å². The first-order valence-electron chi connectivity index (χ1n) is 5.10. The van der Waals surface area contributed by atoms with Crippen molar-refractivity contribution in [2.75, 3.05) is 0 Å². The lowest BCUT2D eigenvalue weighted by atomic mass is 10.0. The van der Waals surface area contributed by atoms with Crippen molar-refractivity contribution in [2.24, 2.45) is 5.73 Å². The second-order valence-electron chi connectivity index (χ2n) is 3.62. The molecule has 2 rings (SSSR count). The Morgan fingerprint density at radius 1 is 1.47 bits per heavy atom. The van der Waals surface area contributed by atoms with Gasteiger partial charge in [-0.25, -0.2) is 9.67 Å². The van der Waals surface area contributed by atoms with Gasteiger partial charge in [0, 0.05) is 6.42 Å². The summed E-state index contributed by atoms with van der Waals surface area (Å²) in [7, 11) is 0. The molecule has 0 bridgehead atoms. The second-order valence-corrected chi connectivity index (χ2v) is 3.62. The molecule has 0 saturated carbocycles. The number of para-hydroxylation sites is 1. The minimum absolute atomic E-state index is 0.255. The zero-order valence-corrected chi connectivity index (χ0v) is 9.02. The van der Waals surface area contributed by atoms with Gasteiger partial charge in [0.25, 0.3) is 0 Å². The van der Waals surface area contributed by atoms with Gasteiger partial charge in [-0.3, -0.25) is 4.79 Å². The maximum Gasteiger partial charge on any atom is 0.320 e. The lowest BCUT2D eigenvalue weighted by Gasteiger charge is -2.11. The van der Waals surface area contributed by atoms with E-state index in [1.54, 1.807) is 11.0 Å². The molecule has 0 radical (unpaired) electrons. The van der Waals surface area contributed by atoms with Gasteiger partial charge in [-0.15, -0.1) is 0 Å². The maximum absolute atomic E-state index is 10.7. The van der Waals surface area contributed by atoms with Crippen molar-refractivity contribution in [2.45, 2.75) is 12.5 Å². The van der Waals surface area contributed by atoms with Crippen LogP contribution >= 0.6 is 0 Å². The van der Waals surface area contributed by atoms with Crippen molar-refractivity contribution in [1.29, 1.82) is 0 Å². The van der Waals surface area contributed by atoms with Gasteiger partial charge in [-0.05, 0) is 11.6 Å². The molecular formula is C11H12N4O2. The average Bonchev–Trinajstić information content (AvgIpc) is 2.83. The number of nitrogens with two attached hydrogens (primary N) is 1. The van der Waals surface area contributed by atoms with Crippen LogP contribution in [0.25, 0.3) is 5.69 Å². The summed E-state index contributed by atoms with van der Waals surface area (Å²) in [6, 6.07) is 6.45. The van der Waals surface area contributed by atoms with Crippen LogP contribution in [0.3, 0.4) is 0 Å². The summed E-state index contributed by atoms with van der Waals surface area (Å²) in [6.07, 6.45) is 3.24. The Morgan fingerprint density at radius 2 is 2.24 bits per heavy atom. The Kier molecular flexibility index (Phi) is 3.15. The molecule has 1 unspecified atom stereocenters. The third kappa shape index (κ3) is 2.48. The SMILES string of the molecule is NC(Cc1ccccc1-n1cncn1)C(=O)O. The summed E-state index contributed by atoms with van der Waals surface area (Å²) < 4.78 is 1.59. The first-order chi connectivity index (χ1) is 8.18. The highest BCUT2D eigenvalue weighted by Crippen LogP contribution is 2.14. The first-order valence-corrected chi connectivity index (χ1v) is 5.10. The van der Waals surface area contributed by atoms with E-state index in [9.17, 15) is 4.79 Å². The van der Waals surface area contributed by atoms with Crippen molar-refractivity contribution in [1.82, 2.24) is 14.8 Å². The molecule has 1 aromatic heterocycles. The maximum atomic E-state index is 10.7. The van der Waals surface area contributed by atoms with E-state index in [1.807, 2.05) is 24.3 Å². The van der Waals surface area contributed by atoms with Crippen LogP contribution in [0.5, 0.6) is 0 Å². The molecule has 0 amide bonds. The van der Waals surface area contributed by atoms with E-state index in [2.05, 4.69) is 10.1 Å². The minimum Gasteiger partial charge on any atom is -0.480 e. The quantitative estimate of drug-likeness (QED) is 0.786. The van der Waals surface area contributed by atoms with Crippen molar-refractivity contribution < 1.29 is 9.90 Å². The van der Waals surface area contributed by atoms with Crippen LogP contribution in [0.1, 0.15) is 5.56 Å². The molecule has 0 aliphatic rings. The largest absolute Gasteiger partial charge is 0.480 e. The highest BCUT2D eigenvalue weighted by Gasteiger charge is 2.14. The molecular weight excluding hydrogens is 220 g/mol. The Morgan fingerprint density at radius 3 is 2.88 bits per heavy atom. The highest BCUT2D eigenvalue weighted by atomic mass is 16.4. The van der Waals surface area contributed by atoms with E-state index in [4.69, 9.17) is 10.8 Å². The molecule has 0 aliphatic carbocycles. The Hall–Kier alpha value is -2.21. The highest BCUT2D eigenvalue weighted by molar-refractivity contribution is 5.73. The number of benzene rings is 1. The molecule has 1 aromatic carbocycles. The lowest BCUT2D eigenvalue weighted by Crippen LogP contribution is -2.32. The van der Waals surface area contributed by atoms with Gasteiger partial charge in [0.15, 0.2) is 0 Å². The summed E-state index contributed by atoms with van der Waals surface area (Å²) in [6.45, 7) is 0. The monoisotopic (exact) mass is 232 g/mol. The van der Waals surface area contributed by atoms with Crippen LogP contribution in [0.4, 0.5) is 0 Å². The zero-order valence-electron chi connectivity index (χ0n) is 9.02. The number of rotatable bonds is 4. The van der Waals surface area contributed by atoms with Gasteiger partial charge in [-0.1, -0.05) is 18.2 Å². The van der Waals surface area contributed by atoms with E-state index in [-0.39, 0.29) is 6.42 Å². The number of nitrogens with zero attached hydrogens (tertiary/aromatic N) is 3. The summed E-state index contributed by atoms with van der Waals surface area (Å²) >= 11 is 0. The fraction of sp³-hybridized carbons (Fsp3) is 0.182. The van der Waals surface area contributed by atoms with E-state index in [1.165, 1.54) is 6.33 Å². The molecule has 0 spiro atoms. The van der Waals surface area contributed by atoms with E-state index < -0.39 is 12.0 Å². The molecule has 2 aromatic rings. The predicted molar refractivity (Wildman–Crippen MR) is 60.7 cm³/mol. The molecule has 88 valence electrons. The molecule has 1 atom stereocenters. The third-order valence-electron chi connectivity index (χ3n) is 2.41. The number of aromatic nitrogens is 3. The molecule has 17 heavy (non-hydrogen) atoms. The van der Waals surface area contributed by atoms with E-state index >= 15 is 0 Å². The third-order valence-corrected chi connectivity index (χ3v) is 2.41. The summed E-state index contributed by atoms with van der Waals surface area (Å²) in [5, 5.41) is 12.8. The fourth-order valence-electron chi connectivity index (χ4n) is 1.56. The van der Waals surface area contributed by atoms with Crippen molar-refractivity contribution in [3.63, 3.8) is 0 Å². The van der Waals surface area contributed by atoms with Gasteiger partial charge in [0.05, 0.1) is 5.69 Å². The number of carbonyl (C=O) groups is 1. The Balaban J connectivity index is 2.32. The summed E-state index contributed by atoms with van der Waals surface area (Å²) in [4.78, 5) is 14.6. The molecule has 0 fully saturated rings. The topological polar surface area (TPSA) is 94.0 Å². The smallest absolute Gasteiger partial charge is 0.320 e. The van der Waals surface area contributed by atoms with Crippen LogP contribution in [0, 0.1) is 0 Å². The van der Waals surface area contributed by atoms with Crippen LogP contribution in [-0.2, 0) is 11.2 Å². The minimum atomic E-state index is -1.02. The van der Waals surface area contributed by atoms with Gasteiger partial charge in [-0.2, -0.15) is 5.10 Å². The molecule has 3 N–H and O–H groups in total. The number of carboxylic acids is 1. The van der Waals surface area contributed by atoms with Crippen molar-refractivity contribution in [3.8, 4) is 5.69 Å². The van der Waals surface area contributed by atoms with Gasteiger partial charge >= 0.3 is 5.97 Å². The zero-order chi connectivity index (χ0) is 12.3. The Bertz CT molecular complexity index is 510. The molecule has 6 heteroatoms. The average molecular weight is 232 g/mol. The van der Waals surface area contributed by atoms with E-state index in [0.29, 0.717) is 0 Å². The summed E-state index contributed by atoms with van der Waals surface area (Å²) in [5.74, 6) is -1.02. The van der Waals surface area contributed by atoms with Gasteiger partial charge in [0.1, 0.15) is 18.7 Å². The number of aliphatic carboxylic acids is 1. The second kappa shape index (κ2) is 4.75. The van der Waals surface area contributed by atoms with Crippen LogP contribution in [-0.4, -0.2) is 31.9 Å². The van der Waals surface area contributed by atoms with Crippen molar-refractivity contribution in [3.05, 3.63) is 42.5 Å². The fourth-order valence-corrected chi connectivity index (χ4v) is 1.56. The van der Waals surface area contributed by atoms with Crippen LogP contribution < -0.4 is 5.73 Å². The molecule has 0 aliphatic heterocycles. The van der Waals surface area contributed by atoms with Gasteiger partial charge in [0.2, 0.25) is 0 Å². The van der Waals surface area contributed by atoms with Gasteiger partial charge < -0.3 is 10.8 Å². The molecule has 6 nitrogen and oxygen atoms in total. The molecule has 0 saturated heterocycles. The number of hydrogen-bond donors (Lipinski definition) is 2. The Labute approximate surface area is 97.7 Å². The number of hydrogen-bond acceptors (Lipinski definition) is 4. The van der Waals surface area contributed by atoms with Crippen molar-refractivity contribution >= 4 is 5.97 Å².